The molecule has 2 aromatic rings. The third-order valence-electron chi connectivity index (χ3n) is 4.34. The predicted molar refractivity (Wildman–Crippen MR) is 99.2 cm³/mol. The number of hydrogen-bond donors (Lipinski definition) is 1. The first kappa shape index (κ1) is 17.7. The molecule has 2 amide bonds. The molecule has 6 heteroatoms. The molecule has 0 aliphatic carbocycles. The van der Waals surface area contributed by atoms with Crippen molar-refractivity contribution in [2.75, 3.05) is 19.5 Å². The highest BCUT2D eigenvalue weighted by atomic mass is 16.5. The summed E-state index contributed by atoms with van der Waals surface area (Å²) in [5.74, 6) is -0.155. The van der Waals surface area contributed by atoms with Gasteiger partial charge in [-0.05, 0) is 36.8 Å². The van der Waals surface area contributed by atoms with Crippen molar-refractivity contribution in [2.45, 2.75) is 19.3 Å². The quantitative estimate of drug-likeness (QED) is 0.897. The van der Waals surface area contributed by atoms with Crippen molar-refractivity contribution in [2.24, 2.45) is 4.99 Å². The van der Waals surface area contributed by atoms with Gasteiger partial charge in [0.05, 0.1) is 20.1 Å². The van der Waals surface area contributed by atoms with E-state index >= 15 is 0 Å². The second kappa shape index (κ2) is 7.39. The van der Waals surface area contributed by atoms with Crippen molar-refractivity contribution >= 4 is 23.2 Å². The number of amides is 2. The molecule has 0 aromatic heterocycles. The Kier molecular flexibility index (Phi) is 5.02. The van der Waals surface area contributed by atoms with E-state index in [-0.39, 0.29) is 18.2 Å². The maximum atomic E-state index is 12.5. The van der Waals surface area contributed by atoms with Crippen LogP contribution in [0.2, 0.25) is 0 Å². The second-order valence-corrected chi connectivity index (χ2v) is 6.00. The van der Waals surface area contributed by atoms with Crippen molar-refractivity contribution in [1.29, 1.82) is 0 Å². The fourth-order valence-electron chi connectivity index (χ4n) is 3.05. The van der Waals surface area contributed by atoms with Crippen LogP contribution in [-0.4, -0.2) is 31.7 Å². The first-order valence-electron chi connectivity index (χ1n) is 8.23. The molecule has 6 nitrogen and oxygen atoms in total. The fraction of sp³-hybridized carbons (Fsp3) is 0.250. The van der Waals surface area contributed by atoms with Crippen LogP contribution in [-0.2, 0) is 9.59 Å². The zero-order valence-corrected chi connectivity index (χ0v) is 14.9. The Morgan fingerprint density at radius 2 is 1.77 bits per heavy atom. The molecule has 1 unspecified atom stereocenters. The van der Waals surface area contributed by atoms with Gasteiger partial charge >= 0.3 is 0 Å². The van der Waals surface area contributed by atoms with Crippen LogP contribution < -0.4 is 14.8 Å². The van der Waals surface area contributed by atoms with Crippen molar-refractivity contribution in [3.63, 3.8) is 0 Å². The number of nitrogens with zero attached hydrogens (tertiary/aromatic N) is 1. The standard InChI is InChI=1S/C20H20N2O4/c1-12-14-9-17(25-2)18(26-3)10-15(14)16(20(24)21-12)11-19(23)22-13-7-5-4-6-8-13/h4-10,16H,11H2,1-3H3,(H,22,23). The molecule has 1 atom stereocenters. The van der Waals surface area contributed by atoms with Gasteiger partial charge in [0.1, 0.15) is 0 Å². The van der Waals surface area contributed by atoms with Gasteiger partial charge < -0.3 is 14.8 Å². The average molecular weight is 352 g/mol. The number of hydrogen-bond acceptors (Lipinski definition) is 4. The van der Waals surface area contributed by atoms with E-state index in [0.29, 0.717) is 22.9 Å². The van der Waals surface area contributed by atoms with Crippen molar-refractivity contribution in [3.05, 3.63) is 53.6 Å². The minimum absolute atomic E-state index is 0.00694. The molecule has 26 heavy (non-hydrogen) atoms. The van der Waals surface area contributed by atoms with Crippen LogP contribution in [0.5, 0.6) is 11.5 Å². The molecule has 134 valence electrons. The van der Waals surface area contributed by atoms with Gasteiger partial charge in [-0.1, -0.05) is 18.2 Å². The Morgan fingerprint density at radius 1 is 1.12 bits per heavy atom. The fourth-order valence-corrected chi connectivity index (χ4v) is 3.05. The third kappa shape index (κ3) is 3.44. The first-order valence-corrected chi connectivity index (χ1v) is 8.23. The molecular formula is C20H20N2O4. The second-order valence-electron chi connectivity index (χ2n) is 6.00. The number of nitrogens with one attached hydrogen (secondary N) is 1. The maximum Gasteiger partial charge on any atom is 0.253 e. The molecule has 0 bridgehead atoms. The lowest BCUT2D eigenvalue weighted by atomic mass is 9.86. The van der Waals surface area contributed by atoms with Crippen LogP contribution in [0.4, 0.5) is 5.69 Å². The van der Waals surface area contributed by atoms with Gasteiger partial charge in [0.25, 0.3) is 5.91 Å². The number of carbonyl (C=O) groups is 2. The molecule has 1 aliphatic rings. The van der Waals surface area contributed by atoms with Gasteiger partial charge in [-0.25, -0.2) is 4.99 Å². The van der Waals surface area contributed by atoms with E-state index < -0.39 is 5.92 Å². The number of ether oxygens (including phenoxy) is 2. The van der Waals surface area contributed by atoms with Crippen molar-refractivity contribution in [1.82, 2.24) is 0 Å². The smallest absolute Gasteiger partial charge is 0.253 e. The van der Waals surface area contributed by atoms with Crippen LogP contribution in [0.3, 0.4) is 0 Å². The Bertz CT molecular complexity index is 875. The Hall–Kier alpha value is -3.15. The SMILES string of the molecule is COc1cc2c(cc1OC)C(CC(=O)Nc1ccccc1)C(=O)N=C2C. The number of benzene rings is 2. The Balaban J connectivity index is 1.91. The minimum Gasteiger partial charge on any atom is -0.493 e. The summed E-state index contributed by atoms with van der Waals surface area (Å²) in [6, 6.07) is 12.7. The number of carbonyl (C=O) groups excluding carboxylic acids is 2. The van der Waals surface area contributed by atoms with E-state index in [4.69, 9.17) is 9.47 Å². The number of rotatable bonds is 5. The molecule has 1 aliphatic heterocycles. The topological polar surface area (TPSA) is 77.0 Å². The van der Waals surface area contributed by atoms with Gasteiger partial charge in [-0.15, -0.1) is 0 Å². The molecule has 0 saturated carbocycles. The average Bonchev–Trinajstić information content (AvgIpc) is 2.64. The zero-order valence-electron chi connectivity index (χ0n) is 14.9. The molecule has 0 fully saturated rings. The lowest BCUT2D eigenvalue weighted by molar-refractivity contribution is -0.123. The summed E-state index contributed by atoms with van der Waals surface area (Å²) >= 11 is 0. The number of fused-ring (bicyclic) bond motifs is 1. The monoisotopic (exact) mass is 352 g/mol. The van der Waals surface area contributed by atoms with Gasteiger partial charge in [0.15, 0.2) is 11.5 Å². The molecule has 0 radical (unpaired) electrons. The molecule has 3 rings (SSSR count). The van der Waals surface area contributed by atoms with E-state index in [1.165, 1.54) is 7.11 Å². The predicted octanol–water partition coefficient (Wildman–Crippen LogP) is 3.17. The van der Waals surface area contributed by atoms with E-state index in [0.717, 1.165) is 11.1 Å². The molecule has 0 spiro atoms. The maximum absolute atomic E-state index is 12.5. The van der Waals surface area contributed by atoms with Crippen LogP contribution in [0.15, 0.2) is 47.5 Å². The number of para-hydroxylation sites is 1. The highest BCUT2D eigenvalue weighted by molar-refractivity contribution is 6.12. The van der Waals surface area contributed by atoms with Crippen LogP contribution >= 0.6 is 0 Å². The van der Waals surface area contributed by atoms with Gasteiger partial charge in [-0.2, -0.15) is 0 Å². The highest BCUT2D eigenvalue weighted by Gasteiger charge is 2.31. The van der Waals surface area contributed by atoms with Crippen LogP contribution in [0, 0.1) is 0 Å². The minimum atomic E-state index is -0.655. The van der Waals surface area contributed by atoms with E-state index in [2.05, 4.69) is 10.3 Å². The zero-order chi connectivity index (χ0) is 18.7. The normalized spacial score (nSPS) is 15.7. The van der Waals surface area contributed by atoms with Gasteiger partial charge in [0.2, 0.25) is 5.91 Å². The molecule has 1 N–H and O–H groups in total. The summed E-state index contributed by atoms with van der Waals surface area (Å²) in [4.78, 5) is 29.0. The Labute approximate surface area is 151 Å². The lowest BCUT2D eigenvalue weighted by Gasteiger charge is -2.23. The molecule has 1 heterocycles. The number of methoxy groups -OCH3 is 2. The summed E-state index contributed by atoms with van der Waals surface area (Å²) in [7, 11) is 3.09. The first-order chi connectivity index (χ1) is 12.5. The third-order valence-corrected chi connectivity index (χ3v) is 4.34. The number of anilines is 1. The van der Waals surface area contributed by atoms with Crippen molar-refractivity contribution in [3.8, 4) is 11.5 Å². The van der Waals surface area contributed by atoms with E-state index in [9.17, 15) is 9.59 Å². The molecule has 2 aromatic carbocycles. The summed E-state index contributed by atoms with van der Waals surface area (Å²) in [6.07, 6.45) is 0.00694. The highest BCUT2D eigenvalue weighted by Crippen LogP contribution is 2.38. The molecule has 0 saturated heterocycles. The van der Waals surface area contributed by atoms with Crippen molar-refractivity contribution < 1.29 is 19.1 Å². The van der Waals surface area contributed by atoms with Gasteiger partial charge in [0, 0.05) is 23.4 Å². The summed E-state index contributed by atoms with van der Waals surface area (Å²) in [5.41, 5.74) is 2.81. The van der Waals surface area contributed by atoms with E-state index in [1.807, 2.05) is 18.2 Å². The van der Waals surface area contributed by atoms with Gasteiger partial charge in [-0.3, -0.25) is 9.59 Å². The Morgan fingerprint density at radius 3 is 2.42 bits per heavy atom. The summed E-state index contributed by atoms with van der Waals surface area (Å²) in [6.45, 7) is 1.77. The van der Waals surface area contributed by atoms with E-state index in [1.54, 1.807) is 38.3 Å². The largest absolute Gasteiger partial charge is 0.493 e. The lowest BCUT2D eigenvalue weighted by Crippen LogP contribution is -2.25. The van der Waals surface area contributed by atoms with Crippen LogP contribution in [0.25, 0.3) is 0 Å². The summed E-state index contributed by atoms with van der Waals surface area (Å²) in [5, 5.41) is 2.81. The molecular weight excluding hydrogens is 332 g/mol. The van der Waals surface area contributed by atoms with Crippen LogP contribution in [0.1, 0.15) is 30.4 Å². The summed E-state index contributed by atoms with van der Waals surface area (Å²) < 4.78 is 10.7. The number of aliphatic imine (C=N–C) groups is 1.